The summed E-state index contributed by atoms with van der Waals surface area (Å²) in [5.74, 6) is 1.96. The largest absolute Gasteiger partial charge is 0.208 e. The second-order valence-electron chi connectivity index (χ2n) is 14.0. The van der Waals surface area contributed by atoms with Crippen LogP contribution < -0.4 is 0 Å². The highest BCUT2D eigenvalue weighted by Crippen LogP contribution is 2.42. The predicted octanol–water partition coefficient (Wildman–Crippen LogP) is 14.0. The lowest BCUT2D eigenvalue weighted by atomic mass is 9.90. The number of hydrogen-bond acceptors (Lipinski definition) is 4. The average Bonchev–Trinajstić information content (AvgIpc) is 3.66. The molecular weight excluding hydrogens is 687 g/mol. The van der Waals surface area contributed by atoms with Gasteiger partial charge in [0.1, 0.15) is 0 Å². The van der Waals surface area contributed by atoms with E-state index in [0.29, 0.717) is 17.5 Å². The third-order valence-electron chi connectivity index (χ3n) is 10.7. The van der Waals surface area contributed by atoms with Gasteiger partial charge in [0.25, 0.3) is 0 Å². The zero-order valence-corrected chi connectivity index (χ0v) is 30.5. The quantitative estimate of drug-likeness (QED) is 0.166. The molecule has 0 N–H and O–H groups in total. The van der Waals surface area contributed by atoms with E-state index in [1.165, 1.54) is 74.7 Å². The first-order chi connectivity index (χ1) is 27.2. The first kappa shape index (κ1) is 31.5. The minimum absolute atomic E-state index is 0.651. The van der Waals surface area contributed by atoms with Gasteiger partial charge in [-0.1, -0.05) is 164 Å². The van der Waals surface area contributed by atoms with Crippen LogP contribution in [-0.2, 0) is 0 Å². The summed E-state index contributed by atoms with van der Waals surface area (Å²) in [6.07, 6.45) is 0. The fraction of sp³-hybridized carbons (Fsp3) is 0. The molecule has 3 nitrogen and oxygen atoms in total. The van der Waals surface area contributed by atoms with Gasteiger partial charge in [0, 0.05) is 36.9 Å². The van der Waals surface area contributed by atoms with Crippen LogP contribution in [0.5, 0.6) is 0 Å². The molecule has 9 aromatic carbocycles. The van der Waals surface area contributed by atoms with Gasteiger partial charge in [0.15, 0.2) is 17.5 Å². The number of thiophene rings is 1. The van der Waals surface area contributed by atoms with Crippen molar-refractivity contribution in [3.05, 3.63) is 188 Å². The lowest BCUT2D eigenvalue weighted by molar-refractivity contribution is 1.07. The summed E-state index contributed by atoms with van der Waals surface area (Å²) < 4.78 is 2.65. The maximum Gasteiger partial charge on any atom is 0.164 e. The van der Waals surface area contributed by atoms with Gasteiger partial charge >= 0.3 is 0 Å². The molecule has 0 bridgehead atoms. The molecule has 0 spiro atoms. The van der Waals surface area contributed by atoms with E-state index in [2.05, 4.69) is 127 Å². The monoisotopic (exact) mass is 717 g/mol. The van der Waals surface area contributed by atoms with Crippen LogP contribution in [0.15, 0.2) is 188 Å². The third-order valence-corrected chi connectivity index (χ3v) is 11.9. The summed E-state index contributed by atoms with van der Waals surface area (Å²) in [7, 11) is 0. The molecule has 0 aliphatic carbocycles. The van der Waals surface area contributed by atoms with Crippen molar-refractivity contribution in [3.63, 3.8) is 0 Å². The Morgan fingerprint density at radius 3 is 1.44 bits per heavy atom. The maximum atomic E-state index is 5.05. The van der Waals surface area contributed by atoms with Crippen molar-refractivity contribution in [1.82, 2.24) is 15.0 Å². The van der Waals surface area contributed by atoms with E-state index < -0.39 is 0 Å². The number of rotatable bonds is 5. The van der Waals surface area contributed by atoms with Crippen LogP contribution in [0.4, 0.5) is 0 Å². The molecule has 11 rings (SSSR count). The first-order valence-corrected chi connectivity index (χ1v) is 19.3. The fourth-order valence-electron chi connectivity index (χ4n) is 8.05. The Kier molecular flexibility index (Phi) is 7.35. The number of hydrogen-bond donors (Lipinski definition) is 0. The topological polar surface area (TPSA) is 38.7 Å². The Bertz CT molecular complexity index is 3200. The molecule has 256 valence electrons. The van der Waals surface area contributed by atoms with Crippen LogP contribution in [0.2, 0.25) is 0 Å². The number of aromatic nitrogens is 3. The molecule has 2 heterocycles. The van der Waals surface area contributed by atoms with E-state index in [-0.39, 0.29) is 0 Å². The van der Waals surface area contributed by atoms with Gasteiger partial charge in [-0.15, -0.1) is 11.3 Å². The van der Waals surface area contributed by atoms with E-state index in [9.17, 15) is 0 Å². The smallest absolute Gasteiger partial charge is 0.164 e. The molecule has 0 aliphatic heterocycles. The van der Waals surface area contributed by atoms with Crippen LogP contribution in [0, 0.1) is 0 Å². The molecule has 0 aliphatic rings. The summed E-state index contributed by atoms with van der Waals surface area (Å²) in [4.78, 5) is 15.0. The molecule has 0 fully saturated rings. The Balaban J connectivity index is 1.07. The van der Waals surface area contributed by atoms with Gasteiger partial charge in [0.05, 0.1) is 0 Å². The van der Waals surface area contributed by atoms with Gasteiger partial charge in [-0.05, 0) is 78.8 Å². The van der Waals surface area contributed by atoms with Crippen LogP contribution in [0.3, 0.4) is 0 Å². The lowest BCUT2D eigenvalue weighted by Gasteiger charge is -2.14. The van der Waals surface area contributed by atoms with Crippen molar-refractivity contribution in [2.45, 2.75) is 0 Å². The third kappa shape index (κ3) is 5.38. The molecule has 11 aromatic rings. The first-order valence-electron chi connectivity index (χ1n) is 18.5. The molecule has 0 radical (unpaired) electrons. The Hall–Kier alpha value is -7.01. The van der Waals surface area contributed by atoms with E-state index >= 15 is 0 Å². The molecule has 55 heavy (non-hydrogen) atoms. The molecule has 0 amide bonds. The number of benzene rings is 9. The zero-order valence-electron chi connectivity index (χ0n) is 29.6. The van der Waals surface area contributed by atoms with E-state index in [1.807, 2.05) is 72.0 Å². The van der Waals surface area contributed by atoms with Crippen molar-refractivity contribution in [3.8, 4) is 56.4 Å². The van der Waals surface area contributed by atoms with E-state index in [1.54, 1.807) is 0 Å². The normalized spacial score (nSPS) is 11.6. The van der Waals surface area contributed by atoms with Gasteiger partial charge in [0.2, 0.25) is 0 Å². The summed E-state index contributed by atoms with van der Waals surface area (Å²) >= 11 is 1.88. The Morgan fingerprint density at radius 1 is 0.273 bits per heavy atom. The SMILES string of the molecule is c1ccc(-c2nc(-c3ccccc3)nc(-c3ccc4c5ccccc5c5cc(-c6cccc(-c7cccc8c7sc7ccccc78)c6)ccc5c4c3)n2)cc1. The lowest BCUT2D eigenvalue weighted by Crippen LogP contribution is -2.00. The maximum absolute atomic E-state index is 5.05. The molecule has 0 saturated carbocycles. The van der Waals surface area contributed by atoms with Gasteiger partial charge in [-0.2, -0.15) is 0 Å². The van der Waals surface area contributed by atoms with Gasteiger partial charge in [-0.25, -0.2) is 15.0 Å². The van der Waals surface area contributed by atoms with E-state index in [0.717, 1.165) is 16.7 Å². The van der Waals surface area contributed by atoms with Gasteiger partial charge in [-0.3, -0.25) is 0 Å². The molecule has 0 atom stereocenters. The van der Waals surface area contributed by atoms with Crippen LogP contribution >= 0.6 is 11.3 Å². The number of fused-ring (bicyclic) bond motifs is 9. The molecule has 2 aromatic heterocycles. The van der Waals surface area contributed by atoms with Crippen LogP contribution in [0.25, 0.3) is 109 Å². The number of nitrogens with zero attached hydrogens (tertiary/aromatic N) is 3. The summed E-state index contributed by atoms with van der Waals surface area (Å²) in [6, 6.07) is 67.0. The predicted molar refractivity (Wildman–Crippen MR) is 232 cm³/mol. The molecule has 4 heteroatoms. The summed E-state index contributed by atoms with van der Waals surface area (Å²) in [5, 5.41) is 9.90. The minimum atomic E-state index is 0.651. The van der Waals surface area contributed by atoms with Crippen LogP contribution in [0.1, 0.15) is 0 Å². The van der Waals surface area contributed by atoms with Crippen molar-refractivity contribution < 1.29 is 0 Å². The second kappa shape index (κ2) is 12.8. The van der Waals surface area contributed by atoms with Crippen LogP contribution in [-0.4, -0.2) is 15.0 Å². The molecular formula is C51H31N3S. The fourth-order valence-corrected chi connectivity index (χ4v) is 9.29. The highest BCUT2D eigenvalue weighted by atomic mass is 32.1. The highest BCUT2D eigenvalue weighted by Gasteiger charge is 2.16. The molecule has 0 unspecified atom stereocenters. The Labute approximate surface area is 321 Å². The Morgan fingerprint density at radius 2 is 0.727 bits per heavy atom. The van der Waals surface area contributed by atoms with Crippen molar-refractivity contribution in [1.29, 1.82) is 0 Å². The molecule has 0 saturated heterocycles. The minimum Gasteiger partial charge on any atom is -0.208 e. The summed E-state index contributed by atoms with van der Waals surface area (Å²) in [6.45, 7) is 0. The van der Waals surface area contributed by atoms with Gasteiger partial charge < -0.3 is 0 Å². The summed E-state index contributed by atoms with van der Waals surface area (Å²) in [5.41, 5.74) is 7.75. The standard InChI is InChI=1S/C51H31N3S/c1-3-13-32(14-4-1)49-52-50(33-15-5-2-6-16-33)54-51(53-49)37-26-28-41-39-19-7-8-20-40(39)45-30-35(25-27-42(45)46(41)31-37)34-17-11-18-36(29-34)38-22-12-23-44-43-21-9-10-24-47(43)55-48(38)44/h1-31H. The average molecular weight is 718 g/mol. The van der Waals surface area contributed by atoms with Crippen molar-refractivity contribution in [2.24, 2.45) is 0 Å². The zero-order chi connectivity index (χ0) is 36.3. The second-order valence-corrected chi connectivity index (χ2v) is 15.0. The highest BCUT2D eigenvalue weighted by molar-refractivity contribution is 7.26. The van der Waals surface area contributed by atoms with E-state index in [4.69, 9.17) is 15.0 Å². The van der Waals surface area contributed by atoms with Crippen molar-refractivity contribution >= 4 is 63.8 Å². The van der Waals surface area contributed by atoms with Crippen molar-refractivity contribution in [2.75, 3.05) is 0 Å².